The topological polar surface area (TPSA) is 38.7 Å². The standard InChI is InChI=1S/C13H22O3S/c1-11(2)13(3,4)15-7-8-16-17-9-5-6-12(14)10-17/h5-6,9-11,14H,7-8H2,1-4H3. The molecule has 1 rings (SSSR count). The van der Waals surface area contributed by atoms with Gasteiger partial charge in [0.05, 0.1) is 18.8 Å². The van der Waals surface area contributed by atoms with Crippen molar-refractivity contribution >= 4 is 16.1 Å². The average molecular weight is 258 g/mol. The van der Waals surface area contributed by atoms with Crippen LogP contribution in [0.2, 0.25) is 0 Å². The number of allylic oxidation sites excluding steroid dienone is 2. The largest absolute Gasteiger partial charge is 0.507 e. The molecule has 98 valence electrons. The number of ether oxygens (including phenoxy) is 1. The maximum absolute atomic E-state index is 9.29. The number of hydrogen-bond donors (Lipinski definition) is 1. The van der Waals surface area contributed by atoms with Crippen LogP contribution in [0.1, 0.15) is 27.7 Å². The summed E-state index contributed by atoms with van der Waals surface area (Å²) in [6, 6.07) is 0. The van der Waals surface area contributed by atoms with Crippen LogP contribution in [0.5, 0.6) is 0 Å². The van der Waals surface area contributed by atoms with Gasteiger partial charge in [0.15, 0.2) is 0 Å². The van der Waals surface area contributed by atoms with Crippen molar-refractivity contribution in [2.75, 3.05) is 13.2 Å². The average Bonchev–Trinajstić information content (AvgIpc) is 2.24. The Kier molecular flexibility index (Phi) is 5.43. The molecule has 0 bridgehead atoms. The van der Waals surface area contributed by atoms with Gasteiger partial charge in [-0.1, -0.05) is 19.9 Å². The Hall–Kier alpha value is -0.580. The fourth-order valence-corrected chi connectivity index (χ4v) is 2.12. The van der Waals surface area contributed by atoms with E-state index in [2.05, 4.69) is 27.7 Å². The first-order chi connectivity index (χ1) is 7.92. The highest BCUT2D eigenvalue weighted by atomic mass is 32.2. The molecule has 0 radical (unpaired) electrons. The Morgan fingerprint density at radius 1 is 1.35 bits per heavy atom. The lowest BCUT2D eigenvalue weighted by Crippen LogP contribution is -2.32. The van der Waals surface area contributed by atoms with Crippen LogP contribution in [-0.4, -0.2) is 29.3 Å². The minimum atomic E-state index is -0.418. The summed E-state index contributed by atoms with van der Waals surface area (Å²) in [7, 11) is -0.418. The minimum Gasteiger partial charge on any atom is -0.507 e. The van der Waals surface area contributed by atoms with Gasteiger partial charge in [-0.15, -0.1) is 0 Å². The smallest absolute Gasteiger partial charge is 0.123 e. The molecule has 1 atom stereocenters. The number of aliphatic hydroxyl groups excluding tert-OH is 1. The summed E-state index contributed by atoms with van der Waals surface area (Å²) >= 11 is 0. The molecule has 0 aromatic carbocycles. The molecule has 3 nitrogen and oxygen atoms in total. The van der Waals surface area contributed by atoms with Gasteiger partial charge < -0.3 is 14.0 Å². The SMILES string of the molecule is CC(C)C(C)(C)OCCOS1=CC=CC(O)=C1. The molecule has 0 saturated carbocycles. The second-order valence-corrected chi connectivity index (χ2v) is 6.20. The van der Waals surface area contributed by atoms with Crippen LogP contribution in [0.4, 0.5) is 0 Å². The van der Waals surface area contributed by atoms with Crippen LogP contribution < -0.4 is 0 Å². The van der Waals surface area contributed by atoms with Crippen LogP contribution in [-0.2, 0) is 8.92 Å². The Morgan fingerprint density at radius 3 is 2.65 bits per heavy atom. The zero-order valence-electron chi connectivity index (χ0n) is 11.0. The van der Waals surface area contributed by atoms with Gasteiger partial charge in [0.1, 0.15) is 5.76 Å². The van der Waals surface area contributed by atoms with E-state index in [1.807, 2.05) is 5.37 Å². The van der Waals surface area contributed by atoms with Crippen molar-refractivity contribution in [3.63, 3.8) is 0 Å². The number of rotatable bonds is 6. The quantitative estimate of drug-likeness (QED) is 0.586. The second kappa shape index (κ2) is 6.38. The zero-order chi connectivity index (χ0) is 12.9. The van der Waals surface area contributed by atoms with Crippen molar-refractivity contribution in [1.29, 1.82) is 0 Å². The molecule has 1 unspecified atom stereocenters. The minimum absolute atomic E-state index is 0.124. The van der Waals surface area contributed by atoms with Crippen LogP contribution in [0.3, 0.4) is 0 Å². The molecule has 0 aromatic rings. The molecule has 0 aliphatic carbocycles. The van der Waals surface area contributed by atoms with Gasteiger partial charge in [-0.25, -0.2) is 0 Å². The first-order valence-corrected chi connectivity index (χ1v) is 7.11. The number of hydrogen-bond acceptors (Lipinski definition) is 3. The monoisotopic (exact) mass is 258 g/mol. The first kappa shape index (κ1) is 14.5. The molecular weight excluding hydrogens is 236 g/mol. The molecule has 0 aromatic heterocycles. The Morgan fingerprint density at radius 2 is 2.06 bits per heavy atom. The van der Waals surface area contributed by atoms with Crippen LogP contribution in [0, 0.1) is 5.92 Å². The molecule has 4 heteroatoms. The normalized spacial score (nSPS) is 20.3. The summed E-state index contributed by atoms with van der Waals surface area (Å²) < 4.78 is 11.4. The van der Waals surface area contributed by atoms with Gasteiger partial charge in [0.25, 0.3) is 0 Å². The van der Waals surface area contributed by atoms with Gasteiger partial charge in [-0.05, 0) is 42.0 Å². The summed E-state index contributed by atoms with van der Waals surface area (Å²) in [5.74, 6) is 0.734. The van der Waals surface area contributed by atoms with Crippen molar-refractivity contribution in [3.05, 3.63) is 23.3 Å². The zero-order valence-corrected chi connectivity index (χ0v) is 11.8. The Balaban J connectivity index is 2.26. The molecule has 1 aliphatic heterocycles. The molecule has 17 heavy (non-hydrogen) atoms. The van der Waals surface area contributed by atoms with Crippen molar-refractivity contribution in [1.82, 2.24) is 0 Å². The molecule has 0 spiro atoms. The highest BCUT2D eigenvalue weighted by molar-refractivity contribution is 8.13. The summed E-state index contributed by atoms with van der Waals surface area (Å²) in [6.45, 7) is 9.56. The van der Waals surface area contributed by atoms with E-state index in [-0.39, 0.29) is 11.4 Å². The molecule has 0 fully saturated rings. The lowest BCUT2D eigenvalue weighted by atomic mass is 9.95. The summed E-state index contributed by atoms with van der Waals surface area (Å²) in [4.78, 5) is 0. The van der Waals surface area contributed by atoms with E-state index >= 15 is 0 Å². The van der Waals surface area contributed by atoms with Gasteiger partial charge in [-0.3, -0.25) is 0 Å². The molecule has 1 N–H and O–H groups in total. The van der Waals surface area contributed by atoms with E-state index in [4.69, 9.17) is 8.92 Å². The first-order valence-electron chi connectivity index (χ1n) is 5.83. The van der Waals surface area contributed by atoms with Crippen LogP contribution in [0.15, 0.2) is 23.3 Å². The van der Waals surface area contributed by atoms with Gasteiger partial charge in [-0.2, -0.15) is 0 Å². The Bertz CT molecular complexity index is 341. The fourth-order valence-electron chi connectivity index (χ4n) is 1.09. The summed E-state index contributed by atoms with van der Waals surface area (Å²) in [5, 5.41) is 12.9. The second-order valence-electron chi connectivity index (χ2n) is 4.80. The molecule has 1 aliphatic rings. The van der Waals surface area contributed by atoms with Crippen molar-refractivity contribution in [2.45, 2.75) is 33.3 Å². The molecule has 0 amide bonds. The van der Waals surface area contributed by atoms with Gasteiger partial charge in [0.2, 0.25) is 0 Å². The van der Waals surface area contributed by atoms with Gasteiger partial charge in [0, 0.05) is 5.41 Å². The van der Waals surface area contributed by atoms with Crippen LogP contribution in [0.25, 0.3) is 0 Å². The number of aliphatic hydroxyl groups is 1. The third kappa shape index (κ3) is 5.06. The van der Waals surface area contributed by atoms with Crippen LogP contribution >= 0.6 is 10.8 Å². The predicted molar refractivity (Wildman–Crippen MR) is 74.3 cm³/mol. The van der Waals surface area contributed by atoms with E-state index in [0.29, 0.717) is 19.1 Å². The highest BCUT2D eigenvalue weighted by Crippen LogP contribution is 2.23. The highest BCUT2D eigenvalue weighted by Gasteiger charge is 2.22. The van der Waals surface area contributed by atoms with E-state index in [1.54, 1.807) is 17.6 Å². The lowest BCUT2D eigenvalue weighted by molar-refractivity contribution is -0.0579. The predicted octanol–water partition coefficient (Wildman–Crippen LogP) is 3.41. The van der Waals surface area contributed by atoms with E-state index in [1.165, 1.54) is 0 Å². The third-order valence-corrected chi connectivity index (χ3v) is 4.22. The van der Waals surface area contributed by atoms with E-state index in [9.17, 15) is 5.11 Å². The van der Waals surface area contributed by atoms with Crippen molar-refractivity contribution < 1.29 is 14.0 Å². The Labute approximate surface area is 106 Å². The molecular formula is C13H22O3S. The summed E-state index contributed by atoms with van der Waals surface area (Å²) in [6.07, 6.45) is 3.45. The maximum atomic E-state index is 9.29. The van der Waals surface area contributed by atoms with E-state index in [0.717, 1.165) is 0 Å². The summed E-state index contributed by atoms with van der Waals surface area (Å²) in [5.41, 5.74) is -0.124. The maximum Gasteiger partial charge on any atom is 0.123 e. The van der Waals surface area contributed by atoms with Crippen molar-refractivity contribution in [3.8, 4) is 0 Å². The lowest BCUT2D eigenvalue weighted by Gasteiger charge is -2.29. The molecule has 0 saturated heterocycles. The third-order valence-electron chi connectivity index (χ3n) is 2.88. The van der Waals surface area contributed by atoms with Gasteiger partial charge >= 0.3 is 0 Å². The van der Waals surface area contributed by atoms with Crippen molar-refractivity contribution in [2.24, 2.45) is 5.92 Å². The fraction of sp³-hybridized carbons (Fsp3) is 0.615. The van der Waals surface area contributed by atoms with E-state index < -0.39 is 10.8 Å². The molecule has 1 heterocycles.